The zero-order valence-corrected chi connectivity index (χ0v) is 17.7. The van der Waals surface area contributed by atoms with Crippen molar-refractivity contribution < 1.29 is 14.2 Å². The van der Waals surface area contributed by atoms with Crippen molar-refractivity contribution in [3.8, 4) is 11.5 Å². The summed E-state index contributed by atoms with van der Waals surface area (Å²) in [5.41, 5.74) is 1.09. The Kier molecular flexibility index (Phi) is 6.68. The molecule has 1 aromatic carbocycles. The predicted octanol–water partition coefficient (Wildman–Crippen LogP) is 1.66. The minimum absolute atomic E-state index is 0.246. The quantitative estimate of drug-likeness (QED) is 0.548. The van der Waals surface area contributed by atoms with E-state index in [0.717, 1.165) is 67.0 Å². The van der Waals surface area contributed by atoms with Crippen LogP contribution in [0.3, 0.4) is 0 Å². The maximum Gasteiger partial charge on any atom is 0.191 e. The molecule has 9 nitrogen and oxygen atoms in total. The average Bonchev–Trinajstić information content (AvgIpc) is 2.99. The van der Waals surface area contributed by atoms with Crippen molar-refractivity contribution >= 4 is 5.96 Å². The average molecular weight is 415 g/mol. The Hall–Kier alpha value is -2.81. The van der Waals surface area contributed by atoms with Gasteiger partial charge in [0.1, 0.15) is 12.4 Å². The molecule has 30 heavy (non-hydrogen) atoms. The second kappa shape index (κ2) is 9.80. The van der Waals surface area contributed by atoms with Gasteiger partial charge in [0, 0.05) is 32.5 Å². The van der Waals surface area contributed by atoms with E-state index in [1.165, 1.54) is 0 Å². The summed E-state index contributed by atoms with van der Waals surface area (Å²) in [7, 11) is 1.66. The summed E-state index contributed by atoms with van der Waals surface area (Å²) >= 11 is 0. The summed E-state index contributed by atoms with van der Waals surface area (Å²) in [4.78, 5) is 9.31. The fraction of sp³-hybridized carbons (Fsp3) is 0.571. The van der Waals surface area contributed by atoms with E-state index in [0.29, 0.717) is 26.4 Å². The van der Waals surface area contributed by atoms with Crippen LogP contribution in [-0.2, 0) is 30.9 Å². The van der Waals surface area contributed by atoms with Gasteiger partial charge in [0.05, 0.1) is 26.3 Å². The Labute approximate surface area is 176 Å². The number of nitrogens with one attached hydrogen (secondary N) is 2. The second-order valence-electron chi connectivity index (χ2n) is 7.47. The van der Waals surface area contributed by atoms with Gasteiger partial charge < -0.3 is 24.8 Å². The topological polar surface area (TPSA) is 94.8 Å². The van der Waals surface area contributed by atoms with Crippen LogP contribution in [0.2, 0.25) is 0 Å². The monoisotopic (exact) mass is 414 g/mol. The van der Waals surface area contributed by atoms with Gasteiger partial charge in [-0.1, -0.05) is 6.07 Å². The van der Waals surface area contributed by atoms with E-state index in [4.69, 9.17) is 19.2 Å². The van der Waals surface area contributed by atoms with Crippen LogP contribution >= 0.6 is 0 Å². The number of fused-ring (bicyclic) bond motifs is 2. The lowest BCUT2D eigenvalue weighted by Crippen LogP contribution is -2.47. The number of guanidine groups is 1. The minimum Gasteiger partial charge on any atom is -0.490 e. The third kappa shape index (κ3) is 5.02. The van der Waals surface area contributed by atoms with Gasteiger partial charge in [0.2, 0.25) is 0 Å². The fourth-order valence-corrected chi connectivity index (χ4v) is 3.66. The normalized spacial score (nSPS) is 18.5. The molecule has 2 N–H and O–H groups in total. The molecule has 1 aromatic heterocycles. The number of ether oxygens (including phenoxy) is 3. The Morgan fingerprint density at radius 1 is 1.30 bits per heavy atom. The van der Waals surface area contributed by atoms with Gasteiger partial charge in [-0.05, 0) is 31.0 Å². The zero-order chi connectivity index (χ0) is 20.8. The molecular formula is C21H30N6O3. The van der Waals surface area contributed by atoms with E-state index in [1.54, 1.807) is 7.11 Å². The third-order valence-electron chi connectivity index (χ3n) is 5.09. The van der Waals surface area contributed by atoms with Gasteiger partial charge in [0.25, 0.3) is 0 Å². The van der Waals surface area contributed by atoms with Gasteiger partial charge in [-0.15, -0.1) is 0 Å². The summed E-state index contributed by atoms with van der Waals surface area (Å²) < 4.78 is 18.6. The second-order valence-corrected chi connectivity index (χ2v) is 7.47. The summed E-state index contributed by atoms with van der Waals surface area (Å²) in [5, 5.41) is 11.4. The minimum atomic E-state index is 0.246. The van der Waals surface area contributed by atoms with E-state index < -0.39 is 0 Å². The molecule has 2 aromatic rings. The van der Waals surface area contributed by atoms with Crippen molar-refractivity contribution in [3.05, 3.63) is 35.4 Å². The number of rotatable bonds is 6. The number of aliphatic imine (C=N–C) groups is 1. The van der Waals surface area contributed by atoms with Crippen molar-refractivity contribution in [1.29, 1.82) is 0 Å². The molecule has 1 atom stereocenters. The van der Waals surface area contributed by atoms with E-state index >= 15 is 0 Å². The molecule has 0 radical (unpaired) electrons. The standard InChI is InChI=1S/C21H30N6O3/c1-3-22-21(23-12-15-5-7-17-18(11-15)30-10-4-9-29-17)24-16-6-8-20-25-19(14-28-2)26-27(20)13-16/h5,7,11,16H,3-4,6,8-10,12-14H2,1-2H3,(H2,22,23,24). The molecule has 162 valence electrons. The lowest BCUT2D eigenvalue weighted by atomic mass is 10.1. The maximum atomic E-state index is 5.79. The van der Waals surface area contributed by atoms with E-state index in [9.17, 15) is 0 Å². The van der Waals surface area contributed by atoms with Gasteiger partial charge in [0.15, 0.2) is 23.3 Å². The smallest absolute Gasteiger partial charge is 0.191 e. The fourth-order valence-electron chi connectivity index (χ4n) is 3.66. The summed E-state index contributed by atoms with van der Waals surface area (Å²) in [5.74, 6) is 4.17. The molecule has 2 aliphatic heterocycles. The lowest BCUT2D eigenvalue weighted by Gasteiger charge is -2.25. The molecule has 1 unspecified atom stereocenters. The Morgan fingerprint density at radius 2 is 2.17 bits per heavy atom. The molecular weight excluding hydrogens is 384 g/mol. The maximum absolute atomic E-state index is 5.79. The molecule has 0 aliphatic carbocycles. The number of aromatic nitrogens is 3. The van der Waals surface area contributed by atoms with E-state index in [1.807, 2.05) is 22.9 Å². The highest BCUT2D eigenvalue weighted by Gasteiger charge is 2.22. The van der Waals surface area contributed by atoms with Crippen molar-refractivity contribution in [1.82, 2.24) is 25.4 Å². The number of benzene rings is 1. The SMILES string of the molecule is CCNC(=NCc1ccc2c(c1)OCCCO2)NC1CCc2nc(COC)nn2C1. The Balaban J connectivity index is 1.40. The van der Waals surface area contributed by atoms with Crippen LogP contribution < -0.4 is 20.1 Å². The number of hydrogen-bond donors (Lipinski definition) is 2. The van der Waals surface area contributed by atoms with Gasteiger partial charge in [-0.25, -0.2) is 14.7 Å². The summed E-state index contributed by atoms with van der Waals surface area (Å²) in [6.07, 6.45) is 2.77. The molecule has 0 saturated heterocycles. The zero-order valence-electron chi connectivity index (χ0n) is 17.7. The van der Waals surface area contributed by atoms with Gasteiger partial charge >= 0.3 is 0 Å². The van der Waals surface area contributed by atoms with Crippen molar-refractivity contribution in [2.45, 2.75) is 51.9 Å². The number of nitrogens with zero attached hydrogens (tertiary/aromatic N) is 4. The van der Waals surface area contributed by atoms with Crippen LogP contribution in [0.5, 0.6) is 11.5 Å². The molecule has 0 amide bonds. The van der Waals surface area contributed by atoms with E-state index in [-0.39, 0.29) is 6.04 Å². The Bertz CT molecular complexity index is 882. The first-order valence-corrected chi connectivity index (χ1v) is 10.6. The van der Waals surface area contributed by atoms with Crippen molar-refractivity contribution in [2.24, 2.45) is 4.99 Å². The van der Waals surface area contributed by atoms with Crippen LogP contribution in [0.15, 0.2) is 23.2 Å². The largest absolute Gasteiger partial charge is 0.490 e. The summed E-state index contributed by atoms with van der Waals surface area (Å²) in [6, 6.07) is 6.28. The number of aryl methyl sites for hydroxylation is 1. The van der Waals surface area contributed by atoms with Crippen molar-refractivity contribution in [3.63, 3.8) is 0 Å². The van der Waals surface area contributed by atoms with Crippen LogP contribution in [0, 0.1) is 0 Å². The molecule has 0 spiro atoms. The molecule has 9 heteroatoms. The summed E-state index contributed by atoms with van der Waals surface area (Å²) in [6.45, 7) is 6.01. The highest BCUT2D eigenvalue weighted by atomic mass is 16.5. The first-order valence-electron chi connectivity index (χ1n) is 10.6. The van der Waals surface area contributed by atoms with E-state index in [2.05, 4.69) is 27.6 Å². The van der Waals surface area contributed by atoms with Crippen LogP contribution in [-0.4, -0.2) is 53.6 Å². The molecule has 2 aliphatic rings. The predicted molar refractivity (Wildman–Crippen MR) is 113 cm³/mol. The van der Waals surface area contributed by atoms with Gasteiger partial charge in [-0.2, -0.15) is 5.10 Å². The molecule has 0 bridgehead atoms. The van der Waals surface area contributed by atoms with Crippen LogP contribution in [0.25, 0.3) is 0 Å². The third-order valence-corrected chi connectivity index (χ3v) is 5.09. The van der Waals surface area contributed by atoms with Crippen LogP contribution in [0.1, 0.15) is 37.0 Å². The Morgan fingerprint density at radius 3 is 3.00 bits per heavy atom. The first kappa shape index (κ1) is 20.5. The first-order chi connectivity index (χ1) is 14.7. The molecule has 0 fully saturated rings. The van der Waals surface area contributed by atoms with Crippen molar-refractivity contribution in [2.75, 3.05) is 26.9 Å². The highest BCUT2D eigenvalue weighted by molar-refractivity contribution is 5.80. The molecule has 4 rings (SSSR count). The lowest BCUT2D eigenvalue weighted by molar-refractivity contribution is 0.177. The highest BCUT2D eigenvalue weighted by Crippen LogP contribution is 2.30. The number of methoxy groups -OCH3 is 1. The van der Waals surface area contributed by atoms with Crippen LogP contribution in [0.4, 0.5) is 0 Å². The molecule has 3 heterocycles. The van der Waals surface area contributed by atoms with Gasteiger partial charge in [-0.3, -0.25) is 0 Å². The number of hydrogen-bond acceptors (Lipinski definition) is 6. The molecule has 0 saturated carbocycles.